The molecule has 1 aliphatic heterocycles. The lowest BCUT2D eigenvalue weighted by Crippen LogP contribution is -2.35. The molecule has 166 valence electrons. The van der Waals surface area contributed by atoms with Crippen LogP contribution in [0.5, 0.6) is 0 Å². The summed E-state index contributed by atoms with van der Waals surface area (Å²) in [5, 5.41) is 2.21. The van der Waals surface area contributed by atoms with Crippen LogP contribution in [0.2, 0.25) is 5.02 Å². The summed E-state index contributed by atoms with van der Waals surface area (Å²) >= 11 is 6.02. The number of piperidine rings is 1. The number of carbonyl (C=O) groups is 2. The molecule has 11 heteroatoms. The van der Waals surface area contributed by atoms with Crippen molar-refractivity contribution < 1.29 is 31.5 Å². The van der Waals surface area contributed by atoms with Gasteiger partial charge in [0.15, 0.2) is 18.2 Å². The van der Waals surface area contributed by atoms with Gasteiger partial charge in [-0.3, -0.25) is 4.79 Å². The predicted molar refractivity (Wildman–Crippen MR) is 109 cm³/mol. The molecule has 0 aromatic heterocycles. The number of sulfonamides is 1. The van der Waals surface area contributed by atoms with Gasteiger partial charge in [-0.2, -0.15) is 4.31 Å². The largest absolute Gasteiger partial charge is 0.452 e. The van der Waals surface area contributed by atoms with Crippen LogP contribution in [-0.4, -0.2) is 44.3 Å². The number of halogens is 3. The smallest absolute Gasteiger partial charge is 0.340 e. The van der Waals surface area contributed by atoms with E-state index in [4.69, 9.17) is 16.3 Å². The van der Waals surface area contributed by atoms with Crippen molar-refractivity contribution in [1.29, 1.82) is 0 Å². The lowest BCUT2D eigenvalue weighted by atomic mass is 10.2. The van der Waals surface area contributed by atoms with Gasteiger partial charge >= 0.3 is 5.97 Å². The van der Waals surface area contributed by atoms with Crippen LogP contribution in [0.4, 0.5) is 14.5 Å². The van der Waals surface area contributed by atoms with Gasteiger partial charge in [-0.15, -0.1) is 0 Å². The molecule has 2 aromatic rings. The third-order valence-electron chi connectivity index (χ3n) is 4.65. The molecule has 0 saturated carbocycles. The van der Waals surface area contributed by atoms with Crippen molar-refractivity contribution in [3.05, 3.63) is 58.6 Å². The molecule has 1 heterocycles. The van der Waals surface area contributed by atoms with E-state index < -0.39 is 40.1 Å². The highest BCUT2D eigenvalue weighted by molar-refractivity contribution is 7.89. The second-order valence-corrected chi connectivity index (χ2v) is 9.20. The molecule has 0 atom stereocenters. The Morgan fingerprint density at radius 2 is 1.74 bits per heavy atom. The fourth-order valence-corrected chi connectivity index (χ4v) is 4.79. The van der Waals surface area contributed by atoms with Gasteiger partial charge in [-0.05, 0) is 43.2 Å². The van der Waals surface area contributed by atoms with Crippen LogP contribution in [0, 0.1) is 11.6 Å². The first-order valence-corrected chi connectivity index (χ1v) is 11.2. The molecule has 1 fully saturated rings. The summed E-state index contributed by atoms with van der Waals surface area (Å²) < 4.78 is 58.0. The van der Waals surface area contributed by atoms with Crippen LogP contribution < -0.4 is 5.32 Å². The second-order valence-electron chi connectivity index (χ2n) is 6.86. The molecule has 0 bridgehead atoms. The first-order valence-electron chi connectivity index (χ1n) is 9.40. The van der Waals surface area contributed by atoms with E-state index in [0.29, 0.717) is 13.1 Å². The van der Waals surface area contributed by atoms with E-state index in [9.17, 15) is 26.8 Å². The second kappa shape index (κ2) is 9.71. The van der Waals surface area contributed by atoms with Gasteiger partial charge in [0.05, 0.1) is 15.5 Å². The van der Waals surface area contributed by atoms with Crippen LogP contribution in [0.25, 0.3) is 0 Å². The molecule has 0 radical (unpaired) electrons. The fraction of sp³-hybridized carbons (Fsp3) is 0.300. The third kappa shape index (κ3) is 5.57. The number of amides is 1. The molecule has 1 amide bonds. The zero-order chi connectivity index (χ0) is 22.6. The first-order chi connectivity index (χ1) is 14.7. The van der Waals surface area contributed by atoms with Crippen molar-refractivity contribution in [1.82, 2.24) is 4.31 Å². The normalized spacial score (nSPS) is 14.8. The molecule has 2 aromatic carbocycles. The van der Waals surface area contributed by atoms with Gasteiger partial charge in [-0.1, -0.05) is 18.0 Å². The lowest BCUT2D eigenvalue weighted by molar-refractivity contribution is -0.119. The number of carbonyl (C=O) groups excluding carboxylic acids is 2. The molecular weight excluding hydrogens is 454 g/mol. The van der Waals surface area contributed by atoms with Crippen molar-refractivity contribution in [2.75, 3.05) is 25.0 Å². The molecule has 1 N–H and O–H groups in total. The topological polar surface area (TPSA) is 92.8 Å². The third-order valence-corrected chi connectivity index (χ3v) is 6.87. The monoisotopic (exact) mass is 472 g/mol. The Morgan fingerprint density at radius 3 is 2.42 bits per heavy atom. The van der Waals surface area contributed by atoms with Gasteiger partial charge in [0.1, 0.15) is 0 Å². The van der Waals surface area contributed by atoms with E-state index in [-0.39, 0.29) is 21.2 Å². The molecular formula is C20H19ClF2N2O5S. The number of rotatable bonds is 6. The molecule has 0 spiro atoms. The summed E-state index contributed by atoms with van der Waals surface area (Å²) in [6, 6.07) is 6.45. The lowest BCUT2D eigenvalue weighted by Gasteiger charge is -2.26. The summed E-state index contributed by atoms with van der Waals surface area (Å²) in [6.07, 6.45) is 2.47. The summed E-state index contributed by atoms with van der Waals surface area (Å²) in [7, 11) is -3.79. The number of hydrogen-bond acceptors (Lipinski definition) is 5. The number of anilines is 1. The average molecular weight is 473 g/mol. The van der Waals surface area contributed by atoms with E-state index in [2.05, 4.69) is 5.32 Å². The summed E-state index contributed by atoms with van der Waals surface area (Å²) in [6.45, 7) is 0.0566. The quantitative estimate of drug-likeness (QED) is 0.648. The van der Waals surface area contributed by atoms with Crippen LogP contribution in [0.15, 0.2) is 41.3 Å². The Kier molecular flexibility index (Phi) is 7.24. The minimum Gasteiger partial charge on any atom is -0.452 e. The SMILES string of the molecule is O=C(COC(=O)c1cc(S(=O)(=O)N2CCCCC2)ccc1Cl)Nc1ccc(F)c(F)c1. The Hall–Kier alpha value is -2.56. The predicted octanol–water partition coefficient (Wildman–Crippen LogP) is 3.59. The highest BCUT2D eigenvalue weighted by Gasteiger charge is 2.27. The molecule has 0 unspecified atom stereocenters. The van der Waals surface area contributed by atoms with Crippen LogP contribution in [0.1, 0.15) is 29.6 Å². The maximum Gasteiger partial charge on any atom is 0.340 e. The van der Waals surface area contributed by atoms with Crippen molar-refractivity contribution >= 4 is 39.2 Å². The minimum absolute atomic E-state index is 0.0207. The van der Waals surface area contributed by atoms with Crippen molar-refractivity contribution in [2.24, 2.45) is 0 Å². The minimum atomic E-state index is -3.79. The molecule has 31 heavy (non-hydrogen) atoms. The first kappa shape index (κ1) is 23.1. The molecule has 1 saturated heterocycles. The van der Waals surface area contributed by atoms with E-state index >= 15 is 0 Å². The van der Waals surface area contributed by atoms with E-state index in [1.807, 2.05) is 0 Å². The Bertz CT molecular complexity index is 1100. The van der Waals surface area contributed by atoms with E-state index in [0.717, 1.165) is 43.5 Å². The van der Waals surface area contributed by atoms with Crippen molar-refractivity contribution in [3.8, 4) is 0 Å². The van der Waals surface area contributed by atoms with Crippen LogP contribution >= 0.6 is 11.6 Å². The number of nitrogens with one attached hydrogen (secondary N) is 1. The highest BCUT2D eigenvalue weighted by Crippen LogP contribution is 2.25. The van der Waals surface area contributed by atoms with Gasteiger partial charge in [0.25, 0.3) is 5.91 Å². The zero-order valence-electron chi connectivity index (χ0n) is 16.2. The number of hydrogen-bond donors (Lipinski definition) is 1. The molecule has 1 aliphatic rings. The molecule has 3 rings (SSSR count). The van der Waals surface area contributed by atoms with Gasteiger partial charge in [-0.25, -0.2) is 22.0 Å². The van der Waals surface area contributed by atoms with E-state index in [1.54, 1.807) is 0 Å². The van der Waals surface area contributed by atoms with Crippen LogP contribution in [0.3, 0.4) is 0 Å². The fourth-order valence-electron chi connectivity index (χ4n) is 3.06. The average Bonchev–Trinajstić information content (AvgIpc) is 2.75. The summed E-state index contributed by atoms with van der Waals surface area (Å²) in [5.74, 6) is -4.01. The number of nitrogens with zero attached hydrogens (tertiary/aromatic N) is 1. The summed E-state index contributed by atoms with van der Waals surface area (Å²) in [4.78, 5) is 24.2. The van der Waals surface area contributed by atoms with E-state index in [1.165, 1.54) is 16.4 Å². The molecule has 0 aliphatic carbocycles. The van der Waals surface area contributed by atoms with Gasteiger partial charge < -0.3 is 10.1 Å². The van der Waals surface area contributed by atoms with Crippen molar-refractivity contribution in [3.63, 3.8) is 0 Å². The Balaban J connectivity index is 1.67. The number of benzene rings is 2. The Morgan fingerprint density at radius 1 is 1.03 bits per heavy atom. The Labute approximate surface area is 183 Å². The highest BCUT2D eigenvalue weighted by atomic mass is 35.5. The maximum absolute atomic E-state index is 13.2. The number of ether oxygens (including phenoxy) is 1. The number of esters is 1. The maximum atomic E-state index is 13.2. The standard InChI is InChI=1S/C20H19ClF2N2O5S/c21-16-6-5-14(31(28,29)25-8-2-1-3-9-25)11-15(16)20(27)30-12-19(26)24-13-4-7-17(22)18(23)10-13/h4-7,10-11H,1-3,8-9,12H2,(H,24,26). The van der Waals surface area contributed by atoms with Gasteiger partial charge in [0, 0.05) is 24.8 Å². The molecule has 7 nitrogen and oxygen atoms in total. The van der Waals surface area contributed by atoms with Gasteiger partial charge in [0.2, 0.25) is 10.0 Å². The summed E-state index contributed by atoms with van der Waals surface area (Å²) in [5.41, 5.74) is -0.229. The zero-order valence-corrected chi connectivity index (χ0v) is 17.8. The van der Waals surface area contributed by atoms with Crippen LogP contribution in [-0.2, 0) is 19.6 Å². The van der Waals surface area contributed by atoms with Crippen molar-refractivity contribution in [2.45, 2.75) is 24.2 Å².